The van der Waals surface area contributed by atoms with Crippen molar-refractivity contribution in [3.8, 4) is 5.75 Å². The minimum atomic E-state index is -0.270. The fourth-order valence-corrected chi connectivity index (χ4v) is 3.11. The van der Waals surface area contributed by atoms with E-state index in [4.69, 9.17) is 9.47 Å². The summed E-state index contributed by atoms with van der Waals surface area (Å²) in [7, 11) is 1.59. The van der Waals surface area contributed by atoms with Gasteiger partial charge < -0.3 is 14.8 Å². The van der Waals surface area contributed by atoms with Gasteiger partial charge in [-0.25, -0.2) is 0 Å². The van der Waals surface area contributed by atoms with Crippen LogP contribution in [0.15, 0.2) is 18.2 Å². The van der Waals surface area contributed by atoms with Crippen LogP contribution in [-0.2, 0) is 14.3 Å². The first-order chi connectivity index (χ1) is 12.0. The number of aryl methyl sites for hydroxylation is 1. The molecule has 1 amide bonds. The monoisotopic (exact) mass is 348 g/mol. The summed E-state index contributed by atoms with van der Waals surface area (Å²) in [6.45, 7) is 7.52. The molecule has 0 spiro atoms. The summed E-state index contributed by atoms with van der Waals surface area (Å²) in [5, 5.41) is 2.96. The van der Waals surface area contributed by atoms with Crippen LogP contribution in [0, 0.1) is 12.8 Å². The van der Waals surface area contributed by atoms with Gasteiger partial charge >= 0.3 is 5.97 Å². The van der Waals surface area contributed by atoms with E-state index in [9.17, 15) is 9.59 Å². The minimum Gasteiger partial charge on any atom is -0.495 e. The fraction of sp³-hybridized carbons (Fsp3) is 0.579. The Hall–Kier alpha value is -2.08. The first kappa shape index (κ1) is 19.2. The van der Waals surface area contributed by atoms with Crippen molar-refractivity contribution in [1.29, 1.82) is 0 Å². The standard InChI is InChI=1S/C19H28N2O4/c1-5-25-19(23)15-8-10-21(11-9-15)14(3)18(22)20-16-12-13(2)6-7-17(16)24-4/h6-7,12,14-15H,5,8-11H2,1-4H3,(H,20,22)/t14-/m1/s1. The molecule has 1 saturated heterocycles. The van der Waals surface area contributed by atoms with Gasteiger partial charge in [-0.2, -0.15) is 0 Å². The molecule has 1 heterocycles. The number of carbonyl (C=O) groups is 2. The number of piperidine rings is 1. The fourth-order valence-electron chi connectivity index (χ4n) is 3.11. The molecule has 138 valence electrons. The van der Waals surface area contributed by atoms with Gasteiger partial charge in [-0.15, -0.1) is 0 Å². The van der Waals surface area contributed by atoms with E-state index in [1.165, 1.54) is 0 Å². The lowest BCUT2D eigenvalue weighted by Gasteiger charge is -2.34. The van der Waals surface area contributed by atoms with Crippen molar-refractivity contribution in [2.45, 2.75) is 39.7 Å². The summed E-state index contributed by atoms with van der Waals surface area (Å²) in [5.74, 6) is 0.401. The van der Waals surface area contributed by atoms with E-state index in [2.05, 4.69) is 10.2 Å². The predicted molar refractivity (Wildman–Crippen MR) is 96.8 cm³/mol. The zero-order chi connectivity index (χ0) is 18.4. The molecule has 0 unspecified atom stereocenters. The molecule has 1 aliphatic rings. The molecular formula is C19H28N2O4. The highest BCUT2D eigenvalue weighted by atomic mass is 16.5. The Morgan fingerprint density at radius 1 is 1.32 bits per heavy atom. The SMILES string of the molecule is CCOC(=O)C1CCN([C@H](C)C(=O)Nc2cc(C)ccc2OC)CC1. The highest BCUT2D eigenvalue weighted by Gasteiger charge is 2.30. The van der Waals surface area contributed by atoms with Crippen molar-refractivity contribution in [3.63, 3.8) is 0 Å². The summed E-state index contributed by atoms with van der Waals surface area (Å²) in [4.78, 5) is 26.5. The second kappa shape index (κ2) is 8.85. The molecule has 6 heteroatoms. The number of benzene rings is 1. The van der Waals surface area contributed by atoms with Crippen LogP contribution in [0.3, 0.4) is 0 Å². The maximum atomic E-state index is 12.6. The first-order valence-electron chi connectivity index (χ1n) is 8.82. The smallest absolute Gasteiger partial charge is 0.309 e. The molecule has 0 aromatic heterocycles. The summed E-state index contributed by atoms with van der Waals surface area (Å²) in [6.07, 6.45) is 1.45. The van der Waals surface area contributed by atoms with Gasteiger partial charge in [-0.1, -0.05) is 6.07 Å². The zero-order valence-electron chi connectivity index (χ0n) is 15.5. The van der Waals surface area contributed by atoms with Crippen molar-refractivity contribution in [2.75, 3.05) is 32.1 Å². The number of hydrogen-bond donors (Lipinski definition) is 1. The number of methoxy groups -OCH3 is 1. The Kier molecular flexibility index (Phi) is 6.82. The van der Waals surface area contributed by atoms with Gasteiger partial charge in [0.1, 0.15) is 5.75 Å². The molecule has 0 bridgehead atoms. The second-order valence-electron chi connectivity index (χ2n) is 6.43. The number of esters is 1. The number of ether oxygens (including phenoxy) is 2. The Morgan fingerprint density at radius 2 is 2.00 bits per heavy atom. The van der Waals surface area contributed by atoms with Gasteiger partial charge in [-0.05, 0) is 64.4 Å². The van der Waals surface area contributed by atoms with Crippen LogP contribution in [0.1, 0.15) is 32.3 Å². The highest BCUT2D eigenvalue weighted by molar-refractivity contribution is 5.96. The third kappa shape index (κ3) is 4.95. The van der Waals surface area contributed by atoms with E-state index in [0.29, 0.717) is 31.1 Å². The normalized spacial score (nSPS) is 17.0. The number of nitrogens with zero attached hydrogens (tertiary/aromatic N) is 1. The van der Waals surface area contributed by atoms with Crippen molar-refractivity contribution < 1.29 is 19.1 Å². The Morgan fingerprint density at radius 3 is 2.60 bits per heavy atom. The molecule has 1 fully saturated rings. The van der Waals surface area contributed by atoms with Gasteiger partial charge in [0.25, 0.3) is 0 Å². The largest absolute Gasteiger partial charge is 0.495 e. The predicted octanol–water partition coefficient (Wildman–Crippen LogP) is 2.61. The number of carbonyl (C=O) groups excluding carboxylic acids is 2. The number of likely N-dealkylation sites (tertiary alicyclic amines) is 1. The quantitative estimate of drug-likeness (QED) is 0.801. The molecule has 1 N–H and O–H groups in total. The molecule has 2 rings (SSSR count). The lowest BCUT2D eigenvalue weighted by Crippen LogP contribution is -2.47. The lowest BCUT2D eigenvalue weighted by atomic mass is 9.96. The van der Waals surface area contributed by atoms with Gasteiger partial charge in [0.05, 0.1) is 31.4 Å². The van der Waals surface area contributed by atoms with E-state index in [-0.39, 0.29) is 23.8 Å². The van der Waals surface area contributed by atoms with Gasteiger partial charge in [0, 0.05) is 0 Å². The number of hydrogen-bond acceptors (Lipinski definition) is 5. The molecule has 0 saturated carbocycles. The molecular weight excluding hydrogens is 320 g/mol. The molecule has 25 heavy (non-hydrogen) atoms. The van der Waals surface area contributed by atoms with Gasteiger partial charge in [0.15, 0.2) is 0 Å². The van der Waals surface area contributed by atoms with Crippen LogP contribution >= 0.6 is 0 Å². The van der Waals surface area contributed by atoms with Crippen LogP contribution in [0.2, 0.25) is 0 Å². The van der Waals surface area contributed by atoms with E-state index in [0.717, 1.165) is 18.4 Å². The molecule has 6 nitrogen and oxygen atoms in total. The summed E-state index contributed by atoms with van der Waals surface area (Å²) >= 11 is 0. The molecule has 1 aromatic carbocycles. The molecule has 0 aliphatic carbocycles. The topological polar surface area (TPSA) is 67.9 Å². The van der Waals surface area contributed by atoms with E-state index < -0.39 is 0 Å². The second-order valence-corrected chi connectivity index (χ2v) is 6.43. The summed E-state index contributed by atoms with van der Waals surface area (Å²) in [6, 6.07) is 5.42. The van der Waals surface area contributed by atoms with Crippen molar-refractivity contribution in [1.82, 2.24) is 4.90 Å². The molecule has 1 aliphatic heterocycles. The maximum absolute atomic E-state index is 12.6. The average molecular weight is 348 g/mol. The highest BCUT2D eigenvalue weighted by Crippen LogP contribution is 2.26. The summed E-state index contributed by atoms with van der Waals surface area (Å²) in [5.41, 5.74) is 1.74. The number of rotatable bonds is 6. The maximum Gasteiger partial charge on any atom is 0.309 e. The number of nitrogens with one attached hydrogen (secondary N) is 1. The molecule has 0 radical (unpaired) electrons. The third-order valence-corrected chi connectivity index (χ3v) is 4.69. The minimum absolute atomic E-state index is 0.0525. The van der Waals surface area contributed by atoms with Gasteiger partial charge in [-0.3, -0.25) is 14.5 Å². The lowest BCUT2D eigenvalue weighted by molar-refractivity contribution is -0.149. The Bertz CT molecular complexity index is 609. The Labute approximate surface area is 149 Å². The number of anilines is 1. The van der Waals surface area contributed by atoms with Gasteiger partial charge in [0.2, 0.25) is 5.91 Å². The Balaban J connectivity index is 1.93. The summed E-state index contributed by atoms with van der Waals surface area (Å²) < 4.78 is 10.4. The van der Waals surface area contributed by atoms with Crippen LogP contribution in [0.5, 0.6) is 5.75 Å². The van der Waals surface area contributed by atoms with Crippen molar-refractivity contribution in [3.05, 3.63) is 23.8 Å². The average Bonchev–Trinajstić information content (AvgIpc) is 2.61. The van der Waals surface area contributed by atoms with Crippen LogP contribution in [0.25, 0.3) is 0 Å². The van der Waals surface area contributed by atoms with Crippen molar-refractivity contribution in [2.24, 2.45) is 5.92 Å². The molecule has 1 atom stereocenters. The first-order valence-corrected chi connectivity index (χ1v) is 8.82. The zero-order valence-corrected chi connectivity index (χ0v) is 15.5. The third-order valence-electron chi connectivity index (χ3n) is 4.69. The van der Waals surface area contributed by atoms with Crippen LogP contribution < -0.4 is 10.1 Å². The van der Waals surface area contributed by atoms with E-state index in [1.54, 1.807) is 7.11 Å². The van der Waals surface area contributed by atoms with Crippen LogP contribution in [-0.4, -0.2) is 49.6 Å². The van der Waals surface area contributed by atoms with E-state index in [1.807, 2.05) is 39.0 Å². The molecule has 1 aromatic rings. The number of amides is 1. The van der Waals surface area contributed by atoms with Crippen LogP contribution in [0.4, 0.5) is 5.69 Å². The van der Waals surface area contributed by atoms with Crippen molar-refractivity contribution >= 4 is 17.6 Å². The van der Waals surface area contributed by atoms with E-state index >= 15 is 0 Å².